The van der Waals surface area contributed by atoms with Crippen molar-refractivity contribution in [2.75, 3.05) is 18.4 Å². The zero-order valence-corrected chi connectivity index (χ0v) is 18.2. The Hall–Kier alpha value is -2.45. The summed E-state index contributed by atoms with van der Waals surface area (Å²) >= 11 is 0. The number of nitrogens with one attached hydrogen (secondary N) is 1. The number of nitrogens with zero attached hydrogens (tertiary/aromatic N) is 4. The number of aromatic nitrogens is 2. The third kappa shape index (κ3) is 3.72. The van der Waals surface area contributed by atoms with Crippen LogP contribution in [-0.2, 0) is 19.5 Å². The van der Waals surface area contributed by atoms with E-state index in [2.05, 4.69) is 32.3 Å². The van der Waals surface area contributed by atoms with Gasteiger partial charge in [0.25, 0.3) is 0 Å². The van der Waals surface area contributed by atoms with E-state index in [4.69, 9.17) is 5.26 Å². The van der Waals surface area contributed by atoms with Gasteiger partial charge in [0.15, 0.2) is 0 Å². The van der Waals surface area contributed by atoms with E-state index in [9.17, 15) is 0 Å². The molecule has 31 heavy (non-hydrogen) atoms. The van der Waals surface area contributed by atoms with Crippen LogP contribution in [0.5, 0.6) is 0 Å². The van der Waals surface area contributed by atoms with Crippen LogP contribution in [0.1, 0.15) is 60.9 Å². The van der Waals surface area contributed by atoms with E-state index < -0.39 is 0 Å². The highest BCUT2D eigenvalue weighted by molar-refractivity contribution is 5.47. The highest BCUT2D eigenvalue weighted by Gasteiger charge is 2.50. The van der Waals surface area contributed by atoms with Crippen molar-refractivity contribution in [3.63, 3.8) is 0 Å². The van der Waals surface area contributed by atoms with Crippen LogP contribution in [0.2, 0.25) is 0 Å². The number of fused-ring (bicyclic) bond motifs is 1. The predicted octanol–water partition coefficient (Wildman–Crippen LogP) is 4.53. The standard InChI is InChI=1S/C26H31N5/c27-13-18-2-1-3-19(6-18)14-31-5-4-23-24(15-31)29-17-30-25(23)28-16-26-10-20-7-21(11-26)9-22(8-20)12-26/h1-3,6,17,20-22H,4-5,7-12,14-16H2,(H,28,29,30). The van der Waals surface area contributed by atoms with Gasteiger partial charge in [0, 0.05) is 31.7 Å². The Bertz CT molecular complexity index is 987. The first kappa shape index (κ1) is 19.3. The summed E-state index contributed by atoms with van der Waals surface area (Å²) in [7, 11) is 0. The normalized spacial score (nSPS) is 31.3. The maximum absolute atomic E-state index is 9.16. The van der Waals surface area contributed by atoms with E-state index in [0.717, 1.165) is 67.4 Å². The summed E-state index contributed by atoms with van der Waals surface area (Å²) in [6, 6.07) is 10.2. The molecule has 2 heterocycles. The molecule has 1 aliphatic heterocycles. The summed E-state index contributed by atoms with van der Waals surface area (Å²) in [5.74, 6) is 4.04. The van der Waals surface area contributed by atoms with Crippen molar-refractivity contribution < 1.29 is 0 Å². The van der Waals surface area contributed by atoms with Crippen molar-refractivity contribution in [1.82, 2.24) is 14.9 Å². The maximum Gasteiger partial charge on any atom is 0.132 e. The summed E-state index contributed by atoms with van der Waals surface area (Å²) in [6.07, 6.45) is 11.5. The molecule has 5 nitrogen and oxygen atoms in total. The molecule has 0 amide bonds. The summed E-state index contributed by atoms with van der Waals surface area (Å²) in [6.45, 7) is 3.80. The lowest BCUT2D eigenvalue weighted by atomic mass is 9.49. The van der Waals surface area contributed by atoms with Crippen LogP contribution >= 0.6 is 0 Å². The lowest BCUT2D eigenvalue weighted by Gasteiger charge is -2.57. The van der Waals surface area contributed by atoms with Crippen molar-refractivity contribution in [1.29, 1.82) is 5.26 Å². The molecule has 0 saturated heterocycles. The van der Waals surface area contributed by atoms with Crippen LogP contribution in [0, 0.1) is 34.5 Å². The van der Waals surface area contributed by atoms with Crippen LogP contribution in [0.15, 0.2) is 30.6 Å². The molecule has 1 aromatic carbocycles. The average molecular weight is 414 g/mol. The molecule has 4 aliphatic carbocycles. The van der Waals surface area contributed by atoms with Gasteiger partial charge in [-0.25, -0.2) is 9.97 Å². The van der Waals surface area contributed by atoms with Crippen LogP contribution in [-0.4, -0.2) is 28.0 Å². The number of nitriles is 1. The van der Waals surface area contributed by atoms with Crippen LogP contribution < -0.4 is 5.32 Å². The molecule has 1 aromatic heterocycles. The van der Waals surface area contributed by atoms with Crippen molar-refractivity contribution in [2.24, 2.45) is 23.2 Å². The number of rotatable bonds is 5. The molecular weight excluding hydrogens is 382 g/mol. The minimum Gasteiger partial charge on any atom is -0.369 e. The molecule has 1 N–H and O–H groups in total. The number of hydrogen-bond acceptors (Lipinski definition) is 5. The second-order valence-electron chi connectivity index (χ2n) is 10.7. The molecule has 0 atom stereocenters. The van der Waals surface area contributed by atoms with Crippen LogP contribution in [0.4, 0.5) is 5.82 Å². The fraction of sp³-hybridized carbons (Fsp3) is 0.577. The molecule has 0 spiro atoms. The largest absolute Gasteiger partial charge is 0.369 e. The minimum atomic E-state index is 0.513. The van der Waals surface area contributed by atoms with Gasteiger partial charge in [-0.05, 0) is 85.8 Å². The molecule has 7 rings (SSSR count). The maximum atomic E-state index is 9.16. The van der Waals surface area contributed by atoms with Gasteiger partial charge in [-0.3, -0.25) is 4.90 Å². The Morgan fingerprint density at radius 1 is 1.10 bits per heavy atom. The lowest BCUT2D eigenvalue weighted by Crippen LogP contribution is -2.49. The third-order valence-corrected chi connectivity index (χ3v) is 8.34. The monoisotopic (exact) mass is 413 g/mol. The van der Waals surface area contributed by atoms with Gasteiger partial charge in [-0.15, -0.1) is 0 Å². The Labute approximate surface area is 184 Å². The smallest absolute Gasteiger partial charge is 0.132 e. The summed E-state index contributed by atoms with van der Waals surface area (Å²) in [4.78, 5) is 11.7. The van der Waals surface area contributed by atoms with E-state index in [0.29, 0.717) is 5.41 Å². The fourth-order valence-corrected chi connectivity index (χ4v) is 7.47. The second-order valence-corrected chi connectivity index (χ2v) is 10.7. The van der Waals surface area contributed by atoms with Gasteiger partial charge in [0.2, 0.25) is 0 Å². The number of anilines is 1. The van der Waals surface area contributed by atoms with Crippen molar-refractivity contribution in [3.05, 3.63) is 53.0 Å². The Kier molecular flexibility index (Phi) is 4.72. The van der Waals surface area contributed by atoms with E-state index in [1.165, 1.54) is 49.7 Å². The molecule has 5 aliphatic rings. The highest BCUT2D eigenvalue weighted by atomic mass is 15.1. The van der Waals surface area contributed by atoms with Gasteiger partial charge in [-0.1, -0.05) is 12.1 Å². The minimum absolute atomic E-state index is 0.513. The van der Waals surface area contributed by atoms with Crippen molar-refractivity contribution in [2.45, 2.75) is 58.0 Å². The van der Waals surface area contributed by atoms with Crippen LogP contribution in [0.25, 0.3) is 0 Å². The van der Waals surface area contributed by atoms with Crippen molar-refractivity contribution in [3.8, 4) is 6.07 Å². The SMILES string of the molecule is N#Cc1cccc(CN2CCc3c(ncnc3NCC34CC5CC(CC(C5)C3)C4)C2)c1. The topological polar surface area (TPSA) is 64.8 Å². The molecule has 0 radical (unpaired) electrons. The Balaban J connectivity index is 1.14. The van der Waals surface area contributed by atoms with Gasteiger partial charge in [0.05, 0.1) is 17.3 Å². The number of benzene rings is 1. The van der Waals surface area contributed by atoms with E-state index in [-0.39, 0.29) is 0 Å². The highest BCUT2D eigenvalue weighted by Crippen LogP contribution is 2.59. The zero-order chi connectivity index (χ0) is 20.8. The summed E-state index contributed by atoms with van der Waals surface area (Å²) in [5.41, 5.74) is 4.91. The molecule has 4 saturated carbocycles. The molecule has 0 unspecified atom stereocenters. The molecule has 160 valence electrons. The predicted molar refractivity (Wildman–Crippen MR) is 120 cm³/mol. The quantitative estimate of drug-likeness (QED) is 0.780. The molecule has 4 bridgehead atoms. The lowest BCUT2D eigenvalue weighted by molar-refractivity contribution is -0.0444. The Morgan fingerprint density at radius 3 is 2.61 bits per heavy atom. The first-order chi connectivity index (χ1) is 15.2. The van der Waals surface area contributed by atoms with Gasteiger partial charge in [-0.2, -0.15) is 5.26 Å². The molecule has 4 fully saturated rings. The van der Waals surface area contributed by atoms with Gasteiger partial charge < -0.3 is 5.32 Å². The third-order valence-electron chi connectivity index (χ3n) is 8.34. The van der Waals surface area contributed by atoms with E-state index in [1.54, 1.807) is 6.33 Å². The molecule has 5 heteroatoms. The second kappa shape index (κ2) is 7.60. The zero-order valence-electron chi connectivity index (χ0n) is 18.2. The fourth-order valence-electron chi connectivity index (χ4n) is 7.47. The molecule has 2 aromatic rings. The first-order valence-corrected chi connectivity index (χ1v) is 12.0. The van der Waals surface area contributed by atoms with Crippen molar-refractivity contribution >= 4 is 5.82 Å². The molecular formula is C26H31N5. The van der Waals surface area contributed by atoms with E-state index in [1.807, 2.05) is 18.2 Å². The van der Waals surface area contributed by atoms with E-state index >= 15 is 0 Å². The van der Waals surface area contributed by atoms with Gasteiger partial charge >= 0.3 is 0 Å². The van der Waals surface area contributed by atoms with Crippen LogP contribution in [0.3, 0.4) is 0 Å². The van der Waals surface area contributed by atoms with Gasteiger partial charge in [0.1, 0.15) is 12.1 Å². The summed E-state index contributed by atoms with van der Waals surface area (Å²) in [5, 5.41) is 13.0. The average Bonchev–Trinajstić information content (AvgIpc) is 2.77. The first-order valence-electron chi connectivity index (χ1n) is 12.0. The Morgan fingerprint density at radius 2 is 1.87 bits per heavy atom. The summed E-state index contributed by atoms with van der Waals surface area (Å²) < 4.78 is 0. The number of hydrogen-bond donors (Lipinski definition) is 1.